The second kappa shape index (κ2) is 4.34. The normalized spacial score (nSPS) is 17.7. The predicted octanol–water partition coefficient (Wildman–Crippen LogP) is -0.971. The van der Waals surface area contributed by atoms with E-state index < -0.39 is 21.0 Å². The number of sulfonamides is 1. The molecule has 0 unspecified atom stereocenters. The van der Waals surface area contributed by atoms with Gasteiger partial charge in [0.25, 0.3) is 10.0 Å². The summed E-state index contributed by atoms with van der Waals surface area (Å²) >= 11 is 0. The average molecular weight is 275 g/mol. The fraction of sp³-hybridized carbons (Fsp3) is 0.556. The highest BCUT2D eigenvalue weighted by Crippen LogP contribution is 2.26. The van der Waals surface area contributed by atoms with Crippen LogP contribution in [0.2, 0.25) is 0 Å². The Hall–Kier alpha value is -1.45. The molecule has 0 aliphatic carbocycles. The molecule has 1 aromatic heterocycles. The van der Waals surface area contributed by atoms with Gasteiger partial charge in [-0.05, 0) is 6.92 Å². The van der Waals surface area contributed by atoms with Crippen molar-refractivity contribution in [3.8, 4) is 0 Å². The van der Waals surface area contributed by atoms with Crippen molar-refractivity contribution in [2.75, 3.05) is 19.7 Å². The number of carboxylic acid groups (broad SMARTS) is 1. The van der Waals surface area contributed by atoms with Crippen molar-refractivity contribution in [3.63, 3.8) is 0 Å². The monoisotopic (exact) mass is 275 g/mol. The molecule has 8 nitrogen and oxygen atoms in total. The molecule has 1 aromatic rings. The molecule has 1 fully saturated rings. The van der Waals surface area contributed by atoms with Gasteiger partial charge in [0.2, 0.25) is 5.03 Å². The molecular weight excluding hydrogens is 262 g/mol. The summed E-state index contributed by atoms with van der Waals surface area (Å²) in [7, 11) is -3.90. The number of H-pyrrole nitrogens is 1. The lowest BCUT2D eigenvalue weighted by Crippen LogP contribution is -2.51. The second-order valence-corrected chi connectivity index (χ2v) is 6.06. The standard InChI is InChI=1S/C9H13N3O5S/c1-5-7(9(14)15)8(11-10-5)18(16,17)12-2-6(3-12)4-13/h6,13H,2-4H2,1H3,(H,10,11)(H,14,15). The van der Waals surface area contributed by atoms with Gasteiger partial charge in [0.1, 0.15) is 5.56 Å². The molecule has 0 spiro atoms. The first-order valence-electron chi connectivity index (χ1n) is 5.27. The minimum Gasteiger partial charge on any atom is -0.478 e. The largest absolute Gasteiger partial charge is 0.478 e. The van der Waals surface area contributed by atoms with E-state index in [-0.39, 0.29) is 36.9 Å². The molecule has 3 N–H and O–H groups in total. The van der Waals surface area contributed by atoms with Crippen molar-refractivity contribution >= 4 is 16.0 Å². The smallest absolute Gasteiger partial charge is 0.340 e. The van der Waals surface area contributed by atoms with Crippen LogP contribution in [0.3, 0.4) is 0 Å². The molecule has 0 bridgehead atoms. The van der Waals surface area contributed by atoms with E-state index in [4.69, 9.17) is 10.2 Å². The Morgan fingerprint density at radius 1 is 1.56 bits per heavy atom. The molecule has 0 atom stereocenters. The molecule has 18 heavy (non-hydrogen) atoms. The molecule has 9 heteroatoms. The number of carbonyl (C=O) groups is 1. The van der Waals surface area contributed by atoms with Gasteiger partial charge < -0.3 is 10.2 Å². The number of rotatable bonds is 4. The number of aromatic carboxylic acids is 1. The molecular formula is C9H13N3O5S. The summed E-state index contributed by atoms with van der Waals surface area (Å²) in [5, 5.41) is 23.3. The van der Waals surface area contributed by atoms with Gasteiger partial charge in [0.05, 0.1) is 0 Å². The maximum atomic E-state index is 12.1. The molecule has 2 heterocycles. The van der Waals surface area contributed by atoms with Gasteiger partial charge in [0.15, 0.2) is 0 Å². The average Bonchev–Trinajstić information content (AvgIpc) is 2.58. The zero-order valence-corrected chi connectivity index (χ0v) is 10.4. The van der Waals surface area contributed by atoms with E-state index >= 15 is 0 Å². The van der Waals surface area contributed by atoms with Gasteiger partial charge in [0, 0.05) is 31.3 Å². The summed E-state index contributed by atoms with van der Waals surface area (Å²) in [5.74, 6) is -1.42. The van der Waals surface area contributed by atoms with E-state index in [0.717, 1.165) is 4.31 Å². The number of aryl methyl sites for hydroxylation is 1. The minimum absolute atomic E-state index is 0.0859. The molecule has 0 saturated carbocycles. The summed E-state index contributed by atoms with van der Waals surface area (Å²) in [6, 6.07) is 0. The van der Waals surface area contributed by atoms with Crippen LogP contribution in [0.1, 0.15) is 16.1 Å². The van der Waals surface area contributed by atoms with Crippen LogP contribution >= 0.6 is 0 Å². The van der Waals surface area contributed by atoms with E-state index in [1.807, 2.05) is 0 Å². The maximum absolute atomic E-state index is 12.1. The molecule has 1 aliphatic rings. The number of aliphatic hydroxyl groups excluding tert-OH is 1. The fourth-order valence-electron chi connectivity index (χ4n) is 1.80. The third-order valence-corrected chi connectivity index (χ3v) is 4.66. The lowest BCUT2D eigenvalue weighted by molar-refractivity contribution is 0.0690. The zero-order chi connectivity index (χ0) is 13.5. The minimum atomic E-state index is -3.90. The predicted molar refractivity (Wildman–Crippen MR) is 59.6 cm³/mol. The first-order chi connectivity index (χ1) is 8.37. The van der Waals surface area contributed by atoms with Gasteiger partial charge in [-0.3, -0.25) is 5.10 Å². The van der Waals surface area contributed by atoms with E-state index in [1.165, 1.54) is 6.92 Å². The van der Waals surface area contributed by atoms with Crippen molar-refractivity contribution in [2.24, 2.45) is 5.92 Å². The molecule has 100 valence electrons. The van der Waals surface area contributed by atoms with E-state index in [0.29, 0.717) is 0 Å². The lowest BCUT2D eigenvalue weighted by Gasteiger charge is -2.36. The quantitative estimate of drug-likeness (QED) is 0.649. The summed E-state index contributed by atoms with van der Waals surface area (Å²) in [6.07, 6.45) is 0. The second-order valence-electron chi connectivity index (χ2n) is 4.20. The van der Waals surface area contributed by atoms with Crippen LogP contribution in [0.5, 0.6) is 0 Å². The summed E-state index contributed by atoms with van der Waals surface area (Å²) in [4.78, 5) is 11.0. The van der Waals surface area contributed by atoms with Gasteiger partial charge in [-0.25, -0.2) is 13.2 Å². The molecule has 2 rings (SSSR count). The first kappa shape index (κ1) is 13.0. The Morgan fingerprint density at radius 2 is 2.17 bits per heavy atom. The molecule has 0 aromatic carbocycles. The Kier molecular flexibility index (Phi) is 3.13. The number of carboxylic acids is 1. The Balaban J connectivity index is 2.35. The summed E-state index contributed by atoms with van der Waals surface area (Å²) in [5.41, 5.74) is -0.136. The number of nitrogens with zero attached hydrogens (tertiary/aromatic N) is 2. The van der Waals surface area contributed by atoms with Crippen molar-refractivity contribution < 1.29 is 23.4 Å². The summed E-state index contributed by atoms with van der Waals surface area (Å²) < 4.78 is 25.3. The highest BCUT2D eigenvalue weighted by molar-refractivity contribution is 7.89. The first-order valence-corrected chi connectivity index (χ1v) is 6.71. The fourth-order valence-corrected chi connectivity index (χ4v) is 3.52. The third kappa shape index (κ3) is 1.89. The van der Waals surface area contributed by atoms with Crippen LogP contribution in [0.15, 0.2) is 5.03 Å². The van der Waals surface area contributed by atoms with Crippen LogP contribution in [0.25, 0.3) is 0 Å². The number of hydrogen-bond donors (Lipinski definition) is 3. The van der Waals surface area contributed by atoms with Crippen LogP contribution < -0.4 is 0 Å². The zero-order valence-electron chi connectivity index (χ0n) is 9.62. The van der Waals surface area contributed by atoms with Crippen molar-refractivity contribution in [2.45, 2.75) is 11.9 Å². The highest BCUT2D eigenvalue weighted by Gasteiger charge is 2.40. The Bertz CT molecular complexity index is 573. The number of hydrogen-bond acceptors (Lipinski definition) is 5. The topological polar surface area (TPSA) is 124 Å². The van der Waals surface area contributed by atoms with Gasteiger partial charge >= 0.3 is 5.97 Å². The summed E-state index contributed by atoms with van der Waals surface area (Å²) in [6.45, 7) is 1.73. The van der Waals surface area contributed by atoms with Crippen LogP contribution in [-0.2, 0) is 10.0 Å². The number of aromatic amines is 1. The lowest BCUT2D eigenvalue weighted by atomic mass is 10.1. The molecule has 1 aliphatic heterocycles. The van der Waals surface area contributed by atoms with E-state index in [2.05, 4.69) is 10.2 Å². The Morgan fingerprint density at radius 3 is 2.67 bits per heavy atom. The van der Waals surface area contributed by atoms with Crippen LogP contribution in [0.4, 0.5) is 0 Å². The van der Waals surface area contributed by atoms with Crippen molar-refractivity contribution in [1.29, 1.82) is 0 Å². The maximum Gasteiger partial charge on any atom is 0.340 e. The van der Waals surface area contributed by atoms with Crippen molar-refractivity contribution in [3.05, 3.63) is 11.3 Å². The SMILES string of the molecule is Cc1[nH]nc(S(=O)(=O)N2CC(CO)C2)c1C(=O)O. The van der Waals surface area contributed by atoms with Gasteiger partial charge in [-0.15, -0.1) is 0 Å². The number of aromatic nitrogens is 2. The Labute approximate surface area is 103 Å². The number of nitrogens with one attached hydrogen (secondary N) is 1. The van der Waals surface area contributed by atoms with E-state index in [9.17, 15) is 13.2 Å². The van der Waals surface area contributed by atoms with Gasteiger partial charge in [-0.2, -0.15) is 9.40 Å². The van der Waals surface area contributed by atoms with Crippen LogP contribution in [0, 0.1) is 12.8 Å². The highest BCUT2D eigenvalue weighted by atomic mass is 32.2. The molecule has 0 amide bonds. The molecule has 1 saturated heterocycles. The van der Waals surface area contributed by atoms with Crippen molar-refractivity contribution in [1.82, 2.24) is 14.5 Å². The molecule has 0 radical (unpaired) electrons. The van der Waals surface area contributed by atoms with Gasteiger partial charge in [-0.1, -0.05) is 0 Å². The number of aliphatic hydroxyl groups is 1. The van der Waals surface area contributed by atoms with E-state index in [1.54, 1.807) is 0 Å². The third-order valence-electron chi connectivity index (χ3n) is 2.89. The van der Waals surface area contributed by atoms with Crippen LogP contribution in [-0.4, -0.2) is 58.8 Å².